The third kappa shape index (κ3) is 1.63. The van der Waals surface area contributed by atoms with E-state index in [4.69, 9.17) is 4.74 Å². The summed E-state index contributed by atoms with van der Waals surface area (Å²) >= 11 is 0. The Bertz CT molecular complexity index is 511. The summed E-state index contributed by atoms with van der Waals surface area (Å²) in [5, 5.41) is 2.75. The van der Waals surface area contributed by atoms with E-state index in [9.17, 15) is 9.59 Å². The summed E-state index contributed by atoms with van der Waals surface area (Å²) < 4.78 is 5.19. The molecule has 1 atom stereocenters. The zero-order valence-electron chi connectivity index (χ0n) is 10.1. The van der Waals surface area contributed by atoms with E-state index >= 15 is 0 Å². The summed E-state index contributed by atoms with van der Waals surface area (Å²) in [6.45, 7) is 0. The Labute approximate surface area is 105 Å². The molecule has 2 fully saturated rings. The number of amides is 3. The standard InChI is InChI=1S/C13H14N2O3/c1-18-10-5-3-2-4-9(10)15-12(16)11(8-6-7-8)14-13(15)17/h2-5,8,11H,6-7H2,1H3,(H,14,17). The number of nitrogens with zero attached hydrogens (tertiary/aromatic N) is 1. The molecule has 1 aliphatic carbocycles. The van der Waals surface area contributed by atoms with Gasteiger partial charge in [0.2, 0.25) is 0 Å². The minimum Gasteiger partial charge on any atom is -0.495 e. The summed E-state index contributed by atoms with van der Waals surface area (Å²) in [6, 6.07) is 6.32. The molecule has 1 unspecified atom stereocenters. The second-order valence-electron chi connectivity index (χ2n) is 4.61. The molecule has 3 rings (SSSR count). The first-order valence-corrected chi connectivity index (χ1v) is 6.00. The molecule has 94 valence electrons. The van der Waals surface area contributed by atoms with Crippen molar-refractivity contribution in [1.29, 1.82) is 0 Å². The number of benzene rings is 1. The molecular formula is C13H14N2O3. The molecule has 5 heteroatoms. The molecular weight excluding hydrogens is 232 g/mol. The van der Waals surface area contributed by atoms with Gasteiger partial charge in [-0.25, -0.2) is 9.69 Å². The highest BCUT2D eigenvalue weighted by molar-refractivity contribution is 6.22. The van der Waals surface area contributed by atoms with Gasteiger partial charge in [-0.05, 0) is 30.9 Å². The van der Waals surface area contributed by atoms with Crippen molar-refractivity contribution in [2.75, 3.05) is 12.0 Å². The third-order valence-electron chi connectivity index (χ3n) is 3.39. The van der Waals surface area contributed by atoms with Crippen molar-refractivity contribution >= 4 is 17.6 Å². The number of anilines is 1. The van der Waals surface area contributed by atoms with Crippen LogP contribution in [0.4, 0.5) is 10.5 Å². The Hall–Kier alpha value is -2.04. The van der Waals surface area contributed by atoms with Crippen LogP contribution >= 0.6 is 0 Å². The lowest BCUT2D eigenvalue weighted by Crippen LogP contribution is -2.32. The largest absolute Gasteiger partial charge is 0.495 e. The lowest BCUT2D eigenvalue weighted by molar-refractivity contribution is -0.118. The number of hydrogen-bond donors (Lipinski definition) is 1. The van der Waals surface area contributed by atoms with Crippen LogP contribution in [0.1, 0.15) is 12.8 Å². The molecule has 0 radical (unpaired) electrons. The molecule has 18 heavy (non-hydrogen) atoms. The van der Waals surface area contributed by atoms with Gasteiger partial charge in [0.1, 0.15) is 11.8 Å². The van der Waals surface area contributed by atoms with Crippen LogP contribution in [0.15, 0.2) is 24.3 Å². The molecule has 1 aromatic carbocycles. The van der Waals surface area contributed by atoms with E-state index in [0.717, 1.165) is 12.8 Å². The molecule has 1 aliphatic heterocycles. The summed E-state index contributed by atoms with van der Waals surface area (Å²) in [5.41, 5.74) is 0.505. The average molecular weight is 246 g/mol. The van der Waals surface area contributed by atoms with E-state index in [1.165, 1.54) is 12.0 Å². The molecule has 1 saturated carbocycles. The van der Waals surface area contributed by atoms with Crippen molar-refractivity contribution < 1.29 is 14.3 Å². The number of hydrogen-bond acceptors (Lipinski definition) is 3. The Morgan fingerprint density at radius 2 is 2.00 bits per heavy atom. The van der Waals surface area contributed by atoms with Crippen LogP contribution in [-0.4, -0.2) is 25.1 Å². The fourth-order valence-corrected chi connectivity index (χ4v) is 2.29. The summed E-state index contributed by atoms with van der Waals surface area (Å²) in [4.78, 5) is 25.4. The highest BCUT2D eigenvalue weighted by atomic mass is 16.5. The van der Waals surface area contributed by atoms with Crippen molar-refractivity contribution in [3.8, 4) is 5.75 Å². The Kier molecular flexibility index (Phi) is 2.47. The van der Waals surface area contributed by atoms with Gasteiger partial charge in [0, 0.05) is 0 Å². The van der Waals surface area contributed by atoms with Crippen molar-refractivity contribution in [2.45, 2.75) is 18.9 Å². The van der Waals surface area contributed by atoms with Crippen molar-refractivity contribution in [3.05, 3.63) is 24.3 Å². The third-order valence-corrected chi connectivity index (χ3v) is 3.39. The molecule has 1 saturated heterocycles. The lowest BCUT2D eigenvalue weighted by atomic mass is 10.2. The van der Waals surface area contributed by atoms with Gasteiger partial charge in [-0.3, -0.25) is 4.79 Å². The van der Waals surface area contributed by atoms with Crippen LogP contribution in [0.5, 0.6) is 5.75 Å². The maximum absolute atomic E-state index is 12.3. The predicted octanol–water partition coefficient (Wildman–Crippen LogP) is 1.53. The van der Waals surface area contributed by atoms with Crippen molar-refractivity contribution in [1.82, 2.24) is 5.32 Å². The quantitative estimate of drug-likeness (QED) is 0.823. The van der Waals surface area contributed by atoms with Gasteiger partial charge in [-0.1, -0.05) is 12.1 Å². The Balaban J connectivity index is 1.95. The van der Waals surface area contributed by atoms with Crippen LogP contribution in [0.25, 0.3) is 0 Å². The van der Waals surface area contributed by atoms with E-state index in [1.54, 1.807) is 24.3 Å². The number of ether oxygens (including phenoxy) is 1. The molecule has 0 spiro atoms. The first-order valence-electron chi connectivity index (χ1n) is 6.00. The molecule has 0 bridgehead atoms. The van der Waals surface area contributed by atoms with E-state index in [-0.39, 0.29) is 18.0 Å². The van der Waals surface area contributed by atoms with Gasteiger partial charge < -0.3 is 10.1 Å². The Morgan fingerprint density at radius 3 is 2.67 bits per heavy atom. The van der Waals surface area contributed by atoms with Crippen LogP contribution in [0.3, 0.4) is 0 Å². The van der Waals surface area contributed by atoms with E-state index < -0.39 is 0 Å². The van der Waals surface area contributed by atoms with Gasteiger partial charge in [-0.15, -0.1) is 0 Å². The maximum Gasteiger partial charge on any atom is 0.329 e. The number of rotatable bonds is 3. The number of imide groups is 1. The molecule has 1 N–H and O–H groups in total. The normalized spacial score (nSPS) is 23.2. The van der Waals surface area contributed by atoms with E-state index in [1.807, 2.05) is 0 Å². The van der Waals surface area contributed by atoms with Crippen LogP contribution in [-0.2, 0) is 4.79 Å². The minimum absolute atomic E-state index is 0.174. The van der Waals surface area contributed by atoms with E-state index in [0.29, 0.717) is 17.4 Å². The van der Waals surface area contributed by atoms with Gasteiger partial charge >= 0.3 is 6.03 Å². The average Bonchev–Trinajstić information content (AvgIpc) is 3.17. The number of carbonyl (C=O) groups is 2. The number of carbonyl (C=O) groups excluding carboxylic acids is 2. The first kappa shape index (κ1) is 11.1. The Morgan fingerprint density at radius 1 is 1.28 bits per heavy atom. The van der Waals surface area contributed by atoms with Gasteiger partial charge in [0.05, 0.1) is 12.8 Å². The fraction of sp³-hybridized carbons (Fsp3) is 0.385. The molecule has 1 heterocycles. The predicted molar refractivity (Wildman–Crippen MR) is 65.5 cm³/mol. The van der Waals surface area contributed by atoms with Crippen LogP contribution in [0.2, 0.25) is 0 Å². The summed E-state index contributed by atoms with van der Waals surface area (Å²) in [6.07, 6.45) is 2.02. The number of para-hydroxylation sites is 2. The van der Waals surface area contributed by atoms with Gasteiger partial charge in [0.25, 0.3) is 5.91 Å². The van der Waals surface area contributed by atoms with Gasteiger partial charge in [-0.2, -0.15) is 0 Å². The number of nitrogens with one attached hydrogen (secondary N) is 1. The second-order valence-corrected chi connectivity index (χ2v) is 4.61. The van der Waals surface area contributed by atoms with Crippen LogP contribution < -0.4 is 15.0 Å². The van der Waals surface area contributed by atoms with Gasteiger partial charge in [0.15, 0.2) is 0 Å². The summed E-state index contributed by atoms with van der Waals surface area (Å²) in [7, 11) is 1.52. The van der Waals surface area contributed by atoms with E-state index in [2.05, 4.69) is 5.32 Å². The molecule has 3 amide bonds. The van der Waals surface area contributed by atoms with Crippen LogP contribution in [0, 0.1) is 5.92 Å². The number of urea groups is 1. The zero-order valence-corrected chi connectivity index (χ0v) is 10.1. The fourth-order valence-electron chi connectivity index (χ4n) is 2.29. The highest BCUT2D eigenvalue weighted by Gasteiger charge is 2.47. The second kappa shape index (κ2) is 4.01. The smallest absolute Gasteiger partial charge is 0.329 e. The molecule has 2 aliphatic rings. The topological polar surface area (TPSA) is 58.6 Å². The number of methoxy groups -OCH3 is 1. The monoisotopic (exact) mass is 246 g/mol. The lowest BCUT2D eigenvalue weighted by Gasteiger charge is -2.16. The SMILES string of the molecule is COc1ccccc1N1C(=O)NC(C2CC2)C1=O. The highest BCUT2D eigenvalue weighted by Crippen LogP contribution is 2.38. The summed E-state index contributed by atoms with van der Waals surface area (Å²) in [5.74, 6) is 0.658. The van der Waals surface area contributed by atoms with Crippen molar-refractivity contribution in [2.24, 2.45) is 5.92 Å². The molecule has 1 aromatic rings. The minimum atomic E-state index is -0.360. The first-order chi connectivity index (χ1) is 8.72. The maximum atomic E-state index is 12.3. The molecule has 5 nitrogen and oxygen atoms in total. The zero-order chi connectivity index (χ0) is 12.7. The van der Waals surface area contributed by atoms with Crippen molar-refractivity contribution in [3.63, 3.8) is 0 Å². The molecule has 0 aromatic heterocycles.